The van der Waals surface area contributed by atoms with Crippen LogP contribution in [0.4, 0.5) is 14.5 Å². The first kappa shape index (κ1) is 11.5. The van der Waals surface area contributed by atoms with Crippen LogP contribution < -0.4 is 0 Å². The minimum absolute atomic E-state index is 0.0614. The monoisotopic (exact) mass is 259 g/mol. The van der Waals surface area contributed by atoms with E-state index >= 15 is 0 Å². The van der Waals surface area contributed by atoms with E-state index in [0.717, 1.165) is 12.1 Å². The van der Waals surface area contributed by atoms with Crippen LogP contribution in [0.25, 0.3) is 0 Å². The van der Waals surface area contributed by atoms with Crippen molar-refractivity contribution in [3.8, 4) is 0 Å². The van der Waals surface area contributed by atoms with Crippen molar-refractivity contribution in [1.82, 2.24) is 0 Å². The smallest absolute Gasteiger partial charge is 0.273 e. The van der Waals surface area contributed by atoms with Crippen molar-refractivity contribution < 1.29 is 18.3 Å². The lowest BCUT2D eigenvalue weighted by molar-refractivity contribution is -0.355. The third-order valence-electron chi connectivity index (χ3n) is 2.92. The van der Waals surface area contributed by atoms with Gasteiger partial charge in [-0.25, -0.2) is 8.78 Å². The fourth-order valence-corrected chi connectivity index (χ4v) is 2.12. The Labute approximate surface area is 107 Å². The summed E-state index contributed by atoms with van der Waals surface area (Å²) in [6.07, 6.45) is 0. The Kier molecular flexibility index (Phi) is 2.41. The van der Waals surface area contributed by atoms with Crippen LogP contribution in [0, 0.1) is 16.8 Å². The summed E-state index contributed by atoms with van der Waals surface area (Å²) < 4.78 is 26.8. The highest BCUT2D eigenvalue weighted by Gasteiger charge is 2.36. The largest absolute Gasteiger partial charge is 0.618 e. The normalized spacial score (nSPS) is 13.9. The third-order valence-corrected chi connectivity index (χ3v) is 2.92. The molecule has 1 aliphatic rings. The van der Waals surface area contributed by atoms with Crippen LogP contribution in [0.3, 0.4) is 0 Å². The molecular weight excluding hydrogens is 252 g/mol. The first-order valence-corrected chi connectivity index (χ1v) is 5.52. The molecule has 5 heteroatoms. The van der Waals surface area contributed by atoms with Crippen molar-refractivity contribution in [3.63, 3.8) is 0 Å². The highest BCUT2D eigenvalue weighted by Crippen LogP contribution is 2.27. The van der Waals surface area contributed by atoms with E-state index in [9.17, 15) is 18.8 Å². The van der Waals surface area contributed by atoms with Crippen LogP contribution in [-0.2, 0) is 0 Å². The molecule has 0 amide bonds. The van der Waals surface area contributed by atoms with Crippen molar-refractivity contribution in [2.45, 2.75) is 0 Å². The molecule has 0 aliphatic carbocycles. The minimum Gasteiger partial charge on any atom is -0.618 e. The molecule has 0 saturated heterocycles. The third kappa shape index (κ3) is 1.71. The average molecular weight is 259 g/mol. The van der Waals surface area contributed by atoms with Crippen molar-refractivity contribution in [2.24, 2.45) is 0 Å². The summed E-state index contributed by atoms with van der Waals surface area (Å²) in [7, 11) is 0. The summed E-state index contributed by atoms with van der Waals surface area (Å²) in [4.78, 5) is 12.1. The standard InChI is InChI=1S/C14H7F2NO2/c15-9-5-8(6-10(16)7-9)13-14(18)11-3-1-2-4-12(11)17(13)19/h1-7H. The van der Waals surface area contributed by atoms with Crippen LogP contribution >= 0.6 is 0 Å². The van der Waals surface area contributed by atoms with Crippen LogP contribution in [0.1, 0.15) is 15.9 Å². The minimum atomic E-state index is -0.834. The van der Waals surface area contributed by atoms with Crippen LogP contribution in [0.15, 0.2) is 42.5 Å². The number of fused-ring (bicyclic) bond motifs is 1. The van der Waals surface area contributed by atoms with E-state index in [-0.39, 0.29) is 22.5 Å². The Balaban J connectivity index is 2.22. The Morgan fingerprint density at radius 2 is 1.63 bits per heavy atom. The zero-order valence-corrected chi connectivity index (χ0v) is 9.56. The lowest BCUT2D eigenvalue weighted by Gasteiger charge is -2.02. The Bertz CT molecular complexity index is 718. The number of hydrogen-bond acceptors (Lipinski definition) is 2. The predicted octanol–water partition coefficient (Wildman–Crippen LogP) is 2.79. The number of para-hydroxylation sites is 1. The molecule has 0 aromatic heterocycles. The van der Waals surface area contributed by atoms with Crippen LogP contribution in [0.5, 0.6) is 0 Å². The highest BCUT2D eigenvalue weighted by molar-refractivity contribution is 6.52. The molecule has 0 fully saturated rings. The van der Waals surface area contributed by atoms with E-state index in [0.29, 0.717) is 10.8 Å². The van der Waals surface area contributed by atoms with E-state index in [4.69, 9.17) is 0 Å². The highest BCUT2D eigenvalue weighted by atomic mass is 19.1. The summed E-state index contributed by atoms with van der Waals surface area (Å²) in [6.45, 7) is 0. The van der Waals surface area contributed by atoms with Gasteiger partial charge < -0.3 is 5.21 Å². The molecule has 2 aromatic rings. The number of carbonyl (C=O) groups excluding carboxylic acids is 1. The number of hydrogen-bond donors (Lipinski definition) is 0. The molecule has 0 atom stereocenters. The zero-order valence-electron chi connectivity index (χ0n) is 9.56. The first-order chi connectivity index (χ1) is 9.08. The second-order valence-electron chi connectivity index (χ2n) is 4.15. The summed E-state index contributed by atoms with van der Waals surface area (Å²) in [6, 6.07) is 8.85. The maximum atomic E-state index is 13.2. The van der Waals surface area contributed by atoms with Gasteiger partial charge in [0.05, 0.1) is 5.56 Å². The molecule has 94 valence electrons. The Morgan fingerprint density at radius 1 is 1.00 bits per heavy atom. The number of ketones is 1. The topological polar surface area (TPSA) is 43.1 Å². The number of halogens is 2. The molecule has 0 radical (unpaired) electrons. The molecule has 3 rings (SSSR count). The van der Waals surface area contributed by atoms with Crippen molar-refractivity contribution in [1.29, 1.82) is 0 Å². The molecule has 0 N–H and O–H groups in total. The fraction of sp³-hybridized carbons (Fsp3) is 0. The molecule has 19 heavy (non-hydrogen) atoms. The lowest BCUT2D eigenvalue weighted by atomic mass is 10.0. The van der Waals surface area contributed by atoms with E-state index in [1.807, 2.05) is 0 Å². The SMILES string of the molecule is O=C1C(c2cc(F)cc(F)c2)=[N+]([O-])c2ccccc21. The van der Waals surface area contributed by atoms with Crippen LogP contribution in [0.2, 0.25) is 0 Å². The van der Waals surface area contributed by atoms with Crippen molar-refractivity contribution in [3.05, 3.63) is 70.4 Å². The summed E-state index contributed by atoms with van der Waals surface area (Å²) in [5, 5.41) is 12.0. The van der Waals surface area contributed by atoms with Gasteiger partial charge in [-0.1, -0.05) is 12.1 Å². The fourth-order valence-electron chi connectivity index (χ4n) is 2.12. The Hall–Kier alpha value is -2.56. The summed E-state index contributed by atoms with van der Waals surface area (Å²) >= 11 is 0. The van der Waals surface area contributed by atoms with E-state index < -0.39 is 17.4 Å². The first-order valence-electron chi connectivity index (χ1n) is 5.52. The second kappa shape index (κ2) is 3.98. The molecule has 0 saturated carbocycles. The van der Waals surface area contributed by atoms with Gasteiger partial charge in [0.2, 0.25) is 5.69 Å². The number of carbonyl (C=O) groups is 1. The van der Waals surface area contributed by atoms with E-state index in [1.54, 1.807) is 12.1 Å². The quantitative estimate of drug-likeness (QED) is 0.583. The number of nitrogens with zero attached hydrogens (tertiary/aromatic N) is 1. The van der Waals surface area contributed by atoms with Gasteiger partial charge >= 0.3 is 0 Å². The molecule has 3 nitrogen and oxygen atoms in total. The number of benzene rings is 2. The Morgan fingerprint density at radius 3 is 2.26 bits per heavy atom. The molecule has 1 heterocycles. The lowest BCUT2D eigenvalue weighted by Crippen LogP contribution is -2.17. The molecule has 0 bridgehead atoms. The zero-order chi connectivity index (χ0) is 13.6. The van der Waals surface area contributed by atoms with Gasteiger partial charge in [-0.2, -0.15) is 4.74 Å². The molecular formula is C14H7F2NO2. The molecule has 1 aliphatic heterocycles. The van der Waals surface area contributed by atoms with Crippen LogP contribution in [-0.4, -0.2) is 16.2 Å². The van der Waals surface area contributed by atoms with Gasteiger partial charge in [-0.3, -0.25) is 4.79 Å². The maximum Gasteiger partial charge on any atom is 0.273 e. The van der Waals surface area contributed by atoms with Crippen molar-refractivity contribution in [2.75, 3.05) is 0 Å². The number of rotatable bonds is 1. The van der Waals surface area contributed by atoms with Crippen molar-refractivity contribution >= 4 is 17.2 Å². The van der Waals surface area contributed by atoms with Gasteiger partial charge in [0.1, 0.15) is 17.2 Å². The average Bonchev–Trinajstić information content (AvgIpc) is 2.61. The predicted molar refractivity (Wildman–Crippen MR) is 64.5 cm³/mol. The van der Waals surface area contributed by atoms with E-state index in [2.05, 4.69) is 0 Å². The molecule has 2 aromatic carbocycles. The maximum absolute atomic E-state index is 13.2. The molecule has 0 spiro atoms. The van der Waals surface area contributed by atoms with Gasteiger partial charge in [0.15, 0.2) is 0 Å². The van der Waals surface area contributed by atoms with Gasteiger partial charge in [-0.05, 0) is 18.2 Å². The second-order valence-corrected chi connectivity index (χ2v) is 4.15. The summed E-state index contributed by atoms with van der Waals surface area (Å²) in [5.74, 6) is -2.20. The number of Topliss-reactive ketones (excluding diaryl/α,β-unsaturated/α-hetero) is 1. The van der Waals surface area contributed by atoms with Gasteiger partial charge in [0.25, 0.3) is 11.5 Å². The van der Waals surface area contributed by atoms with E-state index in [1.165, 1.54) is 12.1 Å². The van der Waals surface area contributed by atoms with Gasteiger partial charge in [-0.15, -0.1) is 0 Å². The summed E-state index contributed by atoms with van der Waals surface area (Å²) in [5.41, 5.74) is 0.0950. The molecule has 0 unspecified atom stereocenters. The van der Waals surface area contributed by atoms with Gasteiger partial charge in [0, 0.05) is 12.1 Å².